The van der Waals surface area contributed by atoms with Crippen LogP contribution in [-0.4, -0.2) is 28.1 Å². The number of carbonyl (C=O) groups excluding carboxylic acids is 1. The van der Waals surface area contributed by atoms with Gasteiger partial charge in [0.2, 0.25) is 0 Å². The van der Waals surface area contributed by atoms with Gasteiger partial charge in [-0.3, -0.25) is 4.79 Å². The van der Waals surface area contributed by atoms with Crippen LogP contribution >= 0.6 is 0 Å². The molecule has 0 aromatic heterocycles. The highest BCUT2D eigenvalue weighted by atomic mass is 16.4. The molecule has 3 N–H and O–H groups in total. The Kier molecular flexibility index (Phi) is 3.83. The minimum Gasteiger partial charge on any atom is -0.478 e. The first kappa shape index (κ1) is 13.4. The molecule has 0 fully saturated rings. The van der Waals surface area contributed by atoms with Crippen molar-refractivity contribution in [3.8, 4) is 0 Å². The van der Waals surface area contributed by atoms with Crippen molar-refractivity contribution in [1.29, 1.82) is 0 Å². The fourth-order valence-corrected chi connectivity index (χ4v) is 1.26. The van der Waals surface area contributed by atoms with Crippen molar-refractivity contribution in [2.24, 2.45) is 0 Å². The smallest absolute Gasteiger partial charge is 0.337 e. The number of hydrogen-bond acceptors (Lipinski definition) is 3. The summed E-state index contributed by atoms with van der Waals surface area (Å²) in [4.78, 5) is 33.4. The predicted molar refractivity (Wildman–Crippen MR) is 63.8 cm³/mol. The Balaban J connectivity index is 3.36. The topological polar surface area (TPSA) is 104 Å². The summed E-state index contributed by atoms with van der Waals surface area (Å²) in [6.07, 6.45) is 0. The second kappa shape index (κ2) is 5.13. The third-order valence-corrected chi connectivity index (χ3v) is 2.15. The number of hydrogen-bond donors (Lipinski definition) is 3. The lowest BCUT2D eigenvalue weighted by molar-refractivity contribution is -0.112. The van der Waals surface area contributed by atoms with Crippen LogP contribution in [0.3, 0.4) is 0 Å². The summed E-state index contributed by atoms with van der Waals surface area (Å²) in [5, 5.41) is 20.2. The highest BCUT2D eigenvalue weighted by molar-refractivity contribution is 6.11. The van der Waals surface area contributed by atoms with Crippen LogP contribution in [0.5, 0.6) is 0 Å². The average molecular weight is 249 g/mol. The molecule has 0 spiro atoms. The molecule has 6 nitrogen and oxygen atoms in total. The molecular formula is C12H11NO5. The zero-order valence-corrected chi connectivity index (χ0v) is 9.56. The first-order valence-corrected chi connectivity index (χ1v) is 4.91. The fourth-order valence-electron chi connectivity index (χ4n) is 1.26. The van der Waals surface area contributed by atoms with Gasteiger partial charge in [-0.05, 0) is 19.1 Å². The summed E-state index contributed by atoms with van der Waals surface area (Å²) in [6, 6.07) is 3.72. The summed E-state index contributed by atoms with van der Waals surface area (Å²) in [7, 11) is 0. The molecule has 0 saturated carbocycles. The summed E-state index contributed by atoms with van der Waals surface area (Å²) in [6.45, 7) is 4.82. The first-order valence-electron chi connectivity index (χ1n) is 4.91. The Bertz CT molecular complexity index is 515. The molecule has 1 amide bonds. The lowest BCUT2D eigenvalue weighted by Gasteiger charge is -2.11. The molecular weight excluding hydrogens is 238 g/mol. The van der Waals surface area contributed by atoms with E-state index in [1.165, 1.54) is 25.1 Å². The van der Waals surface area contributed by atoms with Crippen molar-refractivity contribution in [3.05, 3.63) is 41.5 Å². The summed E-state index contributed by atoms with van der Waals surface area (Å²) < 4.78 is 0. The molecule has 1 aromatic rings. The second-order valence-corrected chi connectivity index (χ2v) is 3.57. The van der Waals surface area contributed by atoms with E-state index in [1.807, 2.05) is 0 Å². The molecule has 18 heavy (non-hydrogen) atoms. The van der Waals surface area contributed by atoms with Crippen molar-refractivity contribution < 1.29 is 24.6 Å². The average Bonchev–Trinajstić information content (AvgIpc) is 2.28. The van der Waals surface area contributed by atoms with E-state index in [0.29, 0.717) is 0 Å². The Morgan fingerprint density at radius 3 is 1.89 bits per heavy atom. The molecule has 0 bridgehead atoms. The Hall–Kier alpha value is -2.63. The third kappa shape index (κ3) is 2.73. The van der Waals surface area contributed by atoms with E-state index in [4.69, 9.17) is 10.2 Å². The molecule has 1 aromatic carbocycles. The SMILES string of the molecule is C=C(C)C(=O)Nc1c(C(=O)O)cccc1C(=O)O. The molecule has 0 aliphatic carbocycles. The lowest BCUT2D eigenvalue weighted by Crippen LogP contribution is -2.18. The summed E-state index contributed by atoms with van der Waals surface area (Å²) in [5.74, 6) is -3.28. The summed E-state index contributed by atoms with van der Waals surface area (Å²) in [5.41, 5.74) is -0.675. The molecule has 0 saturated heterocycles. The largest absolute Gasteiger partial charge is 0.478 e. The van der Waals surface area contributed by atoms with Crippen molar-refractivity contribution in [2.45, 2.75) is 6.92 Å². The van der Waals surface area contributed by atoms with Gasteiger partial charge >= 0.3 is 11.9 Å². The van der Waals surface area contributed by atoms with Crippen LogP contribution in [0.1, 0.15) is 27.6 Å². The monoisotopic (exact) mass is 249 g/mol. The minimum atomic E-state index is -1.32. The minimum absolute atomic E-state index is 0.145. The van der Waals surface area contributed by atoms with Gasteiger partial charge in [0.1, 0.15) is 0 Å². The normalized spacial score (nSPS) is 9.61. The number of benzene rings is 1. The fraction of sp³-hybridized carbons (Fsp3) is 0.0833. The van der Waals surface area contributed by atoms with Crippen molar-refractivity contribution in [2.75, 3.05) is 5.32 Å². The van der Waals surface area contributed by atoms with Gasteiger partial charge in [-0.2, -0.15) is 0 Å². The molecule has 0 unspecified atom stereocenters. The molecule has 0 atom stereocenters. The number of amides is 1. The molecule has 94 valence electrons. The zero-order valence-electron chi connectivity index (χ0n) is 9.56. The Morgan fingerprint density at radius 2 is 1.56 bits per heavy atom. The predicted octanol–water partition coefficient (Wildman–Crippen LogP) is 1.60. The van der Waals surface area contributed by atoms with Crippen LogP contribution in [0.25, 0.3) is 0 Å². The van der Waals surface area contributed by atoms with Gasteiger partial charge in [0.05, 0.1) is 16.8 Å². The number of carbonyl (C=O) groups is 3. The van der Waals surface area contributed by atoms with E-state index in [1.54, 1.807) is 0 Å². The van der Waals surface area contributed by atoms with Gasteiger partial charge in [0.25, 0.3) is 5.91 Å². The number of para-hydroxylation sites is 1. The number of aromatic carboxylic acids is 2. The molecule has 0 aliphatic heterocycles. The van der Waals surface area contributed by atoms with Crippen LogP contribution in [0.2, 0.25) is 0 Å². The van der Waals surface area contributed by atoms with E-state index >= 15 is 0 Å². The van der Waals surface area contributed by atoms with Gasteiger partial charge in [-0.1, -0.05) is 12.6 Å². The van der Waals surface area contributed by atoms with Gasteiger partial charge < -0.3 is 15.5 Å². The number of rotatable bonds is 4. The standard InChI is InChI=1S/C12H11NO5/c1-6(2)10(14)13-9-7(11(15)16)4-3-5-8(9)12(17)18/h3-5H,1H2,2H3,(H,13,14)(H,15,16)(H,17,18). The van der Waals surface area contributed by atoms with E-state index in [-0.39, 0.29) is 22.4 Å². The van der Waals surface area contributed by atoms with Crippen LogP contribution in [0, 0.1) is 0 Å². The van der Waals surface area contributed by atoms with Crippen molar-refractivity contribution in [3.63, 3.8) is 0 Å². The number of carboxylic acid groups (broad SMARTS) is 2. The Labute approximate surface area is 103 Å². The molecule has 0 radical (unpaired) electrons. The zero-order chi connectivity index (χ0) is 13.9. The quantitative estimate of drug-likeness (QED) is 0.703. The molecule has 0 heterocycles. The number of anilines is 1. The maximum absolute atomic E-state index is 11.5. The highest BCUT2D eigenvalue weighted by Crippen LogP contribution is 2.22. The highest BCUT2D eigenvalue weighted by Gasteiger charge is 2.19. The first-order chi connectivity index (χ1) is 8.34. The van der Waals surface area contributed by atoms with Crippen LogP contribution in [0.4, 0.5) is 5.69 Å². The van der Waals surface area contributed by atoms with E-state index in [0.717, 1.165) is 0 Å². The number of nitrogens with one attached hydrogen (secondary N) is 1. The van der Waals surface area contributed by atoms with Crippen LogP contribution in [-0.2, 0) is 4.79 Å². The van der Waals surface area contributed by atoms with Gasteiger partial charge in [-0.15, -0.1) is 0 Å². The maximum atomic E-state index is 11.5. The van der Waals surface area contributed by atoms with E-state index in [9.17, 15) is 14.4 Å². The molecule has 1 rings (SSSR count). The van der Waals surface area contributed by atoms with E-state index in [2.05, 4.69) is 11.9 Å². The third-order valence-electron chi connectivity index (χ3n) is 2.15. The van der Waals surface area contributed by atoms with Crippen molar-refractivity contribution in [1.82, 2.24) is 0 Å². The Morgan fingerprint density at radius 1 is 1.11 bits per heavy atom. The summed E-state index contributed by atoms with van der Waals surface area (Å²) >= 11 is 0. The molecule has 6 heteroatoms. The maximum Gasteiger partial charge on any atom is 0.337 e. The van der Waals surface area contributed by atoms with Gasteiger partial charge in [-0.25, -0.2) is 9.59 Å². The second-order valence-electron chi connectivity index (χ2n) is 3.57. The molecule has 0 aliphatic rings. The lowest BCUT2D eigenvalue weighted by atomic mass is 10.1. The van der Waals surface area contributed by atoms with E-state index < -0.39 is 17.8 Å². The van der Waals surface area contributed by atoms with Crippen LogP contribution in [0.15, 0.2) is 30.4 Å². The van der Waals surface area contributed by atoms with Crippen LogP contribution < -0.4 is 5.32 Å². The number of carboxylic acids is 2. The van der Waals surface area contributed by atoms with Crippen molar-refractivity contribution >= 4 is 23.5 Å². The van der Waals surface area contributed by atoms with Gasteiger partial charge in [0.15, 0.2) is 0 Å². The van der Waals surface area contributed by atoms with Gasteiger partial charge in [0, 0.05) is 5.57 Å².